The Kier molecular flexibility index (Phi) is 8.17. The monoisotopic (exact) mass is 534 g/mol. The Labute approximate surface area is 228 Å². The molecule has 0 radical (unpaired) electrons. The summed E-state index contributed by atoms with van der Waals surface area (Å²) >= 11 is 0. The van der Waals surface area contributed by atoms with Crippen LogP contribution in [0, 0.1) is 52.3 Å². The zero-order valence-electron chi connectivity index (χ0n) is 25.5. The minimum atomic E-state index is -1.82. The Balaban J connectivity index is 1.56. The third-order valence-corrected chi connectivity index (χ3v) is 17.7. The number of carboxylic acids is 1. The molecule has 4 nitrogen and oxygen atoms in total. The van der Waals surface area contributed by atoms with Gasteiger partial charge < -0.3 is 14.6 Å². The highest BCUT2D eigenvalue weighted by Gasteiger charge is 2.65. The second kappa shape index (κ2) is 10.2. The van der Waals surface area contributed by atoms with Crippen molar-refractivity contribution in [2.24, 2.45) is 52.3 Å². The molecule has 0 bridgehead atoms. The normalized spacial score (nSPS) is 45.0. The number of rotatable bonds is 7. The number of hydrogen-bond acceptors (Lipinski definition) is 3. The number of fused-ring (bicyclic) bond motifs is 5. The Bertz CT molecular complexity index is 835. The predicted octanol–water partition coefficient (Wildman–Crippen LogP) is 8.14. The lowest BCUT2D eigenvalue weighted by molar-refractivity contribution is -0.202. The van der Waals surface area contributed by atoms with Gasteiger partial charge in [0.1, 0.15) is 0 Å². The molecule has 0 aromatic heterocycles. The van der Waals surface area contributed by atoms with E-state index in [1.807, 2.05) is 0 Å². The first-order valence-corrected chi connectivity index (χ1v) is 18.5. The number of carboxylic acid groups (broad SMARTS) is 1. The molecule has 0 saturated heterocycles. The van der Waals surface area contributed by atoms with Crippen LogP contribution in [-0.4, -0.2) is 36.7 Å². The van der Waals surface area contributed by atoms with Crippen molar-refractivity contribution in [2.75, 3.05) is 0 Å². The van der Waals surface area contributed by atoms with E-state index in [-0.39, 0.29) is 23.0 Å². The molecule has 11 atom stereocenters. The number of carbonyl (C=O) groups is 1. The minimum absolute atomic E-state index is 0.211. The molecule has 0 unspecified atom stereocenters. The lowest BCUT2D eigenvalue weighted by Crippen LogP contribution is -2.62. The van der Waals surface area contributed by atoms with E-state index < -0.39 is 14.3 Å². The highest BCUT2D eigenvalue weighted by molar-refractivity contribution is 6.74. The molecule has 4 fully saturated rings. The van der Waals surface area contributed by atoms with Crippen LogP contribution in [0.3, 0.4) is 0 Å². The average molecular weight is 535 g/mol. The van der Waals surface area contributed by atoms with E-state index in [1.165, 1.54) is 38.5 Å². The molecule has 37 heavy (non-hydrogen) atoms. The molecule has 214 valence electrons. The smallest absolute Gasteiger partial charge is 0.303 e. The van der Waals surface area contributed by atoms with E-state index in [9.17, 15) is 15.0 Å². The maximum Gasteiger partial charge on any atom is 0.303 e. The minimum Gasteiger partial charge on any atom is -0.481 e. The van der Waals surface area contributed by atoms with E-state index in [4.69, 9.17) is 4.43 Å². The van der Waals surface area contributed by atoms with E-state index in [0.29, 0.717) is 52.9 Å². The second-order valence-electron chi connectivity index (χ2n) is 15.9. The van der Waals surface area contributed by atoms with Gasteiger partial charge in [-0.05, 0) is 122 Å². The van der Waals surface area contributed by atoms with Gasteiger partial charge in [-0.25, -0.2) is 0 Å². The largest absolute Gasteiger partial charge is 0.481 e. The van der Waals surface area contributed by atoms with E-state index in [2.05, 4.69) is 61.6 Å². The predicted molar refractivity (Wildman–Crippen MR) is 154 cm³/mol. The molecule has 5 heteroatoms. The Morgan fingerprint density at radius 1 is 1.03 bits per heavy atom. The van der Waals surface area contributed by atoms with Crippen molar-refractivity contribution in [3.05, 3.63) is 0 Å². The summed E-state index contributed by atoms with van der Waals surface area (Å²) < 4.78 is 6.98. The van der Waals surface area contributed by atoms with Gasteiger partial charge in [-0.3, -0.25) is 4.79 Å². The Morgan fingerprint density at radius 2 is 1.65 bits per heavy atom. The fraction of sp³-hybridized carbons (Fsp3) is 0.969. The van der Waals surface area contributed by atoms with Gasteiger partial charge in [-0.2, -0.15) is 0 Å². The van der Waals surface area contributed by atoms with Crippen molar-refractivity contribution >= 4 is 14.3 Å². The first-order chi connectivity index (χ1) is 17.1. The topological polar surface area (TPSA) is 66.8 Å². The van der Waals surface area contributed by atoms with Crippen LogP contribution in [0.1, 0.15) is 113 Å². The fourth-order valence-corrected chi connectivity index (χ4v) is 11.6. The molecule has 4 aliphatic carbocycles. The molecule has 0 aromatic carbocycles. The summed E-state index contributed by atoms with van der Waals surface area (Å²) in [5, 5.41) is 21.6. The zero-order chi connectivity index (χ0) is 27.6. The van der Waals surface area contributed by atoms with Crippen LogP contribution in [0.5, 0.6) is 0 Å². The highest BCUT2D eigenvalue weighted by Crippen LogP contribution is 2.69. The van der Waals surface area contributed by atoms with E-state index >= 15 is 0 Å². The molecule has 0 aromatic rings. The highest BCUT2D eigenvalue weighted by atomic mass is 28.4. The van der Waals surface area contributed by atoms with Crippen LogP contribution in [-0.2, 0) is 9.22 Å². The SMILES string of the molecule is CC[C@H]1[C@@H](O)[C@@H]2[C@H](CC[C@]3(C)[C@@H]([C@H](C)CCC(=O)O)CC[C@@H]23)[C@@]2(C)CC[C@@H](O[Si](C)(C)C(C)(C)C)C[C@@H]12. The summed E-state index contributed by atoms with van der Waals surface area (Å²) in [7, 11) is -1.82. The fourth-order valence-electron chi connectivity index (χ4n) is 10.2. The van der Waals surface area contributed by atoms with Crippen molar-refractivity contribution in [3.63, 3.8) is 0 Å². The van der Waals surface area contributed by atoms with Gasteiger partial charge in [0.2, 0.25) is 0 Å². The van der Waals surface area contributed by atoms with Crippen LogP contribution in [0.15, 0.2) is 0 Å². The average Bonchev–Trinajstić information content (AvgIpc) is 3.15. The lowest BCUT2D eigenvalue weighted by atomic mass is 9.41. The summed E-state index contributed by atoms with van der Waals surface area (Å²) in [6, 6.07) is 0. The van der Waals surface area contributed by atoms with Gasteiger partial charge in [0.25, 0.3) is 0 Å². The maximum atomic E-state index is 12.1. The van der Waals surface area contributed by atoms with E-state index in [1.54, 1.807) is 0 Å². The molecule has 2 N–H and O–H groups in total. The standard InChI is InChI=1S/C32H58O4Si/c1-10-22-26-19-21(36-37(8,9)30(3,4)5)15-17-32(26,7)25-16-18-31(6)23(20(2)11-14-27(33)34)12-13-24(31)28(25)29(22)35/h20-26,28-29,35H,10-19H2,1-9H3,(H,33,34)/t20-,21-,22-,23-,24+,25+,26+,28+,29-,31-,32-/m1/s1. The number of aliphatic hydroxyl groups is 1. The number of aliphatic carboxylic acids is 1. The molecule has 0 amide bonds. The van der Waals surface area contributed by atoms with Crippen LogP contribution in [0.25, 0.3) is 0 Å². The van der Waals surface area contributed by atoms with Crippen LogP contribution in [0.4, 0.5) is 0 Å². The summed E-state index contributed by atoms with van der Waals surface area (Å²) in [6.07, 6.45) is 10.7. The number of aliphatic hydroxyl groups excluding tert-OH is 1. The van der Waals surface area contributed by atoms with E-state index in [0.717, 1.165) is 19.3 Å². The van der Waals surface area contributed by atoms with Crippen molar-refractivity contribution in [3.8, 4) is 0 Å². The first kappa shape index (κ1) is 29.6. The summed E-state index contributed by atoms with van der Waals surface area (Å²) in [6.45, 7) is 21.5. The Morgan fingerprint density at radius 3 is 2.24 bits per heavy atom. The van der Waals surface area contributed by atoms with Crippen molar-refractivity contribution < 1.29 is 19.4 Å². The summed E-state index contributed by atoms with van der Waals surface area (Å²) in [4.78, 5) is 11.3. The molecule has 4 rings (SSSR count). The quantitative estimate of drug-likeness (QED) is 0.323. The van der Waals surface area contributed by atoms with Gasteiger partial charge in [-0.15, -0.1) is 0 Å². The maximum absolute atomic E-state index is 12.1. The summed E-state index contributed by atoms with van der Waals surface area (Å²) in [5.74, 6) is 2.86. The molecule has 0 heterocycles. The zero-order valence-corrected chi connectivity index (χ0v) is 26.5. The second-order valence-corrected chi connectivity index (χ2v) is 20.6. The van der Waals surface area contributed by atoms with Crippen LogP contribution >= 0.6 is 0 Å². The molecule has 4 saturated carbocycles. The van der Waals surface area contributed by atoms with Gasteiger partial charge in [0.15, 0.2) is 8.32 Å². The van der Waals surface area contributed by atoms with Gasteiger partial charge in [0, 0.05) is 12.5 Å². The first-order valence-electron chi connectivity index (χ1n) is 15.6. The van der Waals surface area contributed by atoms with Gasteiger partial charge >= 0.3 is 5.97 Å². The summed E-state index contributed by atoms with van der Waals surface area (Å²) in [5.41, 5.74) is 0.538. The van der Waals surface area contributed by atoms with Crippen molar-refractivity contribution in [1.29, 1.82) is 0 Å². The lowest BCUT2D eigenvalue weighted by Gasteiger charge is -2.65. The number of hydrogen-bond donors (Lipinski definition) is 2. The van der Waals surface area contributed by atoms with Gasteiger partial charge in [0.05, 0.1) is 6.10 Å². The molecular formula is C32H58O4Si. The molecule has 0 aliphatic heterocycles. The molecule has 4 aliphatic rings. The van der Waals surface area contributed by atoms with Crippen molar-refractivity contribution in [1.82, 2.24) is 0 Å². The third-order valence-electron chi connectivity index (χ3n) is 13.2. The van der Waals surface area contributed by atoms with Gasteiger partial charge in [-0.1, -0.05) is 54.9 Å². The molecular weight excluding hydrogens is 476 g/mol. The van der Waals surface area contributed by atoms with Crippen LogP contribution in [0.2, 0.25) is 18.1 Å². The van der Waals surface area contributed by atoms with Crippen molar-refractivity contribution in [2.45, 2.75) is 143 Å². The van der Waals surface area contributed by atoms with Crippen LogP contribution < -0.4 is 0 Å². The molecule has 0 spiro atoms. The Hall–Kier alpha value is -0.393. The third kappa shape index (κ3) is 5.01.